The average Bonchev–Trinajstić information content (AvgIpc) is 2.57. The van der Waals surface area contributed by atoms with E-state index in [-0.39, 0.29) is 18.4 Å². The molecular weight excluding hydrogens is 196 g/mol. The molecule has 1 rings (SSSR count). The van der Waals surface area contributed by atoms with Crippen LogP contribution in [0.4, 0.5) is 0 Å². The summed E-state index contributed by atoms with van der Waals surface area (Å²) in [6, 6.07) is 0.261. The lowest BCUT2D eigenvalue weighted by Crippen LogP contribution is -2.31. The lowest BCUT2D eigenvalue weighted by atomic mass is 10.2. The maximum Gasteiger partial charge on any atom is 0.303 e. The monoisotopic (exact) mass is 214 g/mol. The van der Waals surface area contributed by atoms with Crippen LogP contribution in [0.2, 0.25) is 0 Å². The lowest BCUT2D eigenvalue weighted by molar-refractivity contribution is -0.137. The molecule has 1 heterocycles. The smallest absolute Gasteiger partial charge is 0.303 e. The van der Waals surface area contributed by atoms with Gasteiger partial charge in [-0.05, 0) is 19.4 Å². The summed E-state index contributed by atoms with van der Waals surface area (Å²) in [7, 11) is 0. The first-order valence-electron chi connectivity index (χ1n) is 5.40. The summed E-state index contributed by atoms with van der Waals surface area (Å²) >= 11 is 0. The van der Waals surface area contributed by atoms with E-state index in [1.165, 1.54) is 0 Å². The number of hydrogen-bond donors (Lipinski definition) is 3. The molecule has 1 amide bonds. The van der Waals surface area contributed by atoms with Gasteiger partial charge in [0, 0.05) is 25.4 Å². The van der Waals surface area contributed by atoms with Crippen LogP contribution >= 0.6 is 0 Å². The van der Waals surface area contributed by atoms with Crippen molar-refractivity contribution < 1.29 is 14.7 Å². The lowest BCUT2D eigenvalue weighted by Gasteiger charge is -2.09. The van der Waals surface area contributed by atoms with Crippen molar-refractivity contribution >= 4 is 11.9 Å². The van der Waals surface area contributed by atoms with Gasteiger partial charge in [-0.25, -0.2) is 0 Å². The summed E-state index contributed by atoms with van der Waals surface area (Å²) in [6.07, 6.45) is 3.45. The van der Waals surface area contributed by atoms with Crippen LogP contribution in [0.1, 0.15) is 32.1 Å². The molecule has 1 saturated heterocycles. The first kappa shape index (κ1) is 12.0. The van der Waals surface area contributed by atoms with E-state index in [9.17, 15) is 9.59 Å². The van der Waals surface area contributed by atoms with E-state index in [4.69, 9.17) is 5.11 Å². The maximum atomic E-state index is 10.8. The van der Waals surface area contributed by atoms with Crippen molar-refractivity contribution in [1.29, 1.82) is 0 Å². The molecule has 1 unspecified atom stereocenters. The van der Waals surface area contributed by atoms with Crippen molar-refractivity contribution in [3.63, 3.8) is 0 Å². The number of amides is 1. The topological polar surface area (TPSA) is 78.4 Å². The fraction of sp³-hybridized carbons (Fsp3) is 0.800. The van der Waals surface area contributed by atoms with Gasteiger partial charge >= 0.3 is 5.97 Å². The van der Waals surface area contributed by atoms with Crippen molar-refractivity contribution in [1.82, 2.24) is 10.6 Å². The van der Waals surface area contributed by atoms with Gasteiger partial charge in [-0.3, -0.25) is 9.59 Å². The van der Waals surface area contributed by atoms with Gasteiger partial charge in [0.1, 0.15) is 0 Å². The number of rotatable bonds is 7. The number of carbonyl (C=O) groups is 2. The van der Waals surface area contributed by atoms with Crippen molar-refractivity contribution in [3.05, 3.63) is 0 Å². The molecule has 5 heteroatoms. The van der Waals surface area contributed by atoms with E-state index in [1.54, 1.807) is 0 Å². The molecule has 86 valence electrons. The Bertz CT molecular complexity index is 231. The summed E-state index contributed by atoms with van der Waals surface area (Å²) in [5.41, 5.74) is 0. The number of carbonyl (C=O) groups excluding carboxylic acids is 1. The molecule has 1 atom stereocenters. The molecule has 3 N–H and O–H groups in total. The molecule has 0 aromatic heterocycles. The molecular formula is C10H18N2O3. The highest BCUT2D eigenvalue weighted by molar-refractivity contribution is 5.78. The molecule has 0 aromatic rings. The molecule has 0 aliphatic carbocycles. The second kappa shape index (κ2) is 6.40. The van der Waals surface area contributed by atoms with E-state index in [2.05, 4.69) is 10.6 Å². The highest BCUT2D eigenvalue weighted by Gasteiger charge is 2.19. The Morgan fingerprint density at radius 1 is 1.47 bits per heavy atom. The summed E-state index contributed by atoms with van der Waals surface area (Å²) in [5, 5.41) is 14.4. The van der Waals surface area contributed by atoms with Gasteiger partial charge in [0.15, 0.2) is 0 Å². The second-order valence-corrected chi connectivity index (χ2v) is 3.86. The Balaban J connectivity index is 1.89. The molecule has 0 spiro atoms. The summed E-state index contributed by atoms with van der Waals surface area (Å²) < 4.78 is 0. The van der Waals surface area contributed by atoms with Gasteiger partial charge < -0.3 is 15.7 Å². The van der Waals surface area contributed by atoms with Gasteiger partial charge in [-0.2, -0.15) is 0 Å². The summed E-state index contributed by atoms with van der Waals surface area (Å²) in [6.45, 7) is 1.58. The number of hydrogen-bond acceptors (Lipinski definition) is 3. The van der Waals surface area contributed by atoms with Crippen LogP contribution in [0.3, 0.4) is 0 Å². The van der Waals surface area contributed by atoms with Gasteiger partial charge in [0.2, 0.25) is 5.91 Å². The van der Waals surface area contributed by atoms with Crippen LogP contribution in [0.25, 0.3) is 0 Å². The normalized spacial score (nSPS) is 20.3. The maximum absolute atomic E-state index is 10.8. The quantitative estimate of drug-likeness (QED) is 0.526. The molecule has 0 radical (unpaired) electrons. The first-order chi connectivity index (χ1) is 7.18. The highest BCUT2D eigenvalue weighted by atomic mass is 16.4. The molecule has 1 aliphatic heterocycles. The van der Waals surface area contributed by atoms with Gasteiger partial charge in [0.05, 0.1) is 0 Å². The van der Waals surface area contributed by atoms with Crippen LogP contribution in [-0.4, -0.2) is 36.1 Å². The van der Waals surface area contributed by atoms with Crippen LogP contribution in [0.15, 0.2) is 0 Å². The number of unbranched alkanes of at least 4 members (excludes halogenated alkanes) is 2. The third-order valence-corrected chi connectivity index (χ3v) is 2.48. The van der Waals surface area contributed by atoms with Gasteiger partial charge in [-0.1, -0.05) is 6.42 Å². The fourth-order valence-corrected chi connectivity index (χ4v) is 1.63. The minimum absolute atomic E-state index is 0.110. The van der Waals surface area contributed by atoms with E-state index >= 15 is 0 Å². The molecule has 15 heavy (non-hydrogen) atoms. The Morgan fingerprint density at radius 3 is 2.87 bits per heavy atom. The van der Waals surface area contributed by atoms with Crippen LogP contribution in [0, 0.1) is 0 Å². The van der Waals surface area contributed by atoms with E-state index in [1.807, 2.05) is 0 Å². The molecule has 1 fully saturated rings. The third kappa shape index (κ3) is 5.37. The second-order valence-electron chi connectivity index (χ2n) is 3.86. The largest absolute Gasteiger partial charge is 0.481 e. The summed E-state index contributed by atoms with van der Waals surface area (Å²) in [4.78, 5) is 21.1. The fourth-order valence-electron chi connectivity index (χ4n) is 1.63. The van der Waals surface area contributed by atoms with Crippen molar-refractivity contribution in [2.45, 2.75) is 38.1 Å². The zero-order valence-electron chi connectivity index (χ0n) is 8.79. The zero-order chi connectivity index (χ0) is 11.1. The van der Waals surface area contributed by atoms with E-state index in [0.717, 1.165) is 25.8 Å². The van der Waals surface area contributed by atoms with Crippen molar-refractivity contribution in [2.75, 3.05) is 13.1 Å². The SMILES string of the molecule is O=C(O)CCCCCNC1CNC(=O)C1. The van der Waals surface area contributed by atoms with Crippen LogP contribution in [-0.2, 0) is 9.59 Å². The average molecular weight is 214 g/mol. The van der Waals surface area contributed by atoms with Crippen molar-refractivity contribution in [3.8, 4) is 0 Å². The Kier molecular flexibility index (Phi) is 5.10. The molecule has 0 bridgehead atoms. The molecule has 0 saturated carbocycles. The number of nitrogens with one attached hydrogen (secondary N) is 2. The molecule has 5 nitrogen and oxygen atoms in total. The predicted molar refractivity (Wildman–Crippen MR) is 55.5 cm³/mol. The minimum atomic E-state index is -0.728. The third-order valence-electron chi connectivity index (χ3n) is 2.48. The summed E-state index contributed by atoms with van der Waals surface area (Å²) in [5.74, 6) is -0.619. The Morgan fingerprint density at radius 2 is 2.27 bits per heavy atom. The number of carboxylic acids is 1. The van der Waals surface area contributed by atoms with E-state index < -0.39 is 5.97 Å². The van der Waals surface area contributed by atoms with Gasteiger partial charge in [-0.15, -0.1) is 0 Å². The highest BCUT2D eigenvalue weighted by Crippen LogP contribution is 2.01. The Labute approximate surface area is 89.2 Å². The number of carboxylic acid groups (broad SMARTS) is 1. The van der Waals surface area contributed by atoms with Crippen LogP contribution < -0.4 is 10.6 Å². The molecule has 0 aromatic carbocycles. The number of aliphatic carboxylic acids is 1. The van der Waals surface area contributed by atoms with Crippen molar-refractivity contribution in [2.24, 2.45) is 0 Å². The minimum Gasteiger partial charge on any atom is -0.481 e. The van der Waals surface area contributed by atoms with E-state index in [0.29, 0.717) is 13.0 Å². The van der Waals surface area contributed by atoms with Gasteiger partial charge in [0.25, 0.3) is 0 Å². The molecule has 1 aliphatic rings. The first-order valence-corrected chi connectivity index (χ1v) is 5.40. The standard InChI is InChI=1S/C10H18N2O3/c13-9-6-8(7-12-9)11-5-3-1-2-4-10(14)15/h8,11H,1-7H2,(H,12,13)(H,14,15). The zero-order valence-corrected chi connectivity index (χ0v) is 8.79. The van der Waals surface area contributed by atoms with Crippen LogP contribution in [0.5, 0.6) is 0 Å². The Hall–Kier alpha value is -1.10. The predicted octanol–water partition coefficient (Wildman–Crippen LogP) is 0.109.